The first-order valence-corrected chi connectivity index (χ1v) is 6.32. The Morgan fingerprint density at radius 1 is 1.18 bits per heavy atom. The Bertz CT molecular complexity index is 484. The average molecular weight is 268 g/mol. The van der Waals surface area contributed by atoms with Crippen LogP contribution in [-0.4, -0.2) is 13.2 Å². The summed E-state index contributed by atoms with van der Waals surface area (Å²) in [7, 11) is 0. The number of halogens is 1. The number of benzene rings is 1. The lowest BCUT2D eigenvalue weighted by Gasteiger charge is -2.11. The fourth-order valence-corrected chi connectivity index (χ4v) is 2.72. The Balaban J connectivity index is 0.00000108. The van der Waals surface area contributed by atoms with Crippen LogP contribution >= 0.6 is 23.7 Å². The second-order valence-electron chi connectivity index (χ2n) is 3.80. The molecular formula is C13H14ClNOS. The molecule has 0 aliphatic carbocycles. The highest BCUT2D eigenvalue weighted by Gasteiger charge is 2.14. The van der Waals surface area contributed by atoms with Gasteiger partial charge in [-0.25, -0.2) is 0 Å². The summed E-state index contributed by atoms with van der Waals surface area (Å²) in [6.07, 6.45) is 0. The third kappa shape index (κ3) is 2.46. The van der Waals surface area contributed by atoms with Gasteiger partial charge in [-0.1, -0.05) is 18.2 Å². The third-order valence-electron chi connectivity index (χ3n) is 2.72. The van der Waals surface area contributed by atoms with Crippen molar-refractivity contribution in [1.29, 1.82) is 0 Å². The second kappa shape index (κ2) is 5.54. The monoisotopic (exact) mass is 267 g/mol. The van der Waals surface area contributed by atoms with E-state index in [1.807, 2.05) is 0 Å². The molecule has 0 atom stereocenters. The van der Waals surface area contributed by atoms with E-state index in [0.29, 0.717) is 0 Å². The normalized spacial score (nSPS) is 14.1. The van der Waals surface area contributed by atoms with Crippen LogP contribution in [0.1, 0.15) is 5.56 Å². The largest absolute Gasteiger partial charge is 0.491 e. The number of ether oxygens (including phenoxy) is 1. The lowest BCUT2D eigenvalue weighted by atomic mass is 10.1. The summed E-state index contributed by atoms with van der Waals surface area (Å²) in [5.74, 6) is 1.05. The molecule has 1 aliphatic heterocycles. The number of nitrogens with one attached hydrogen (secondary N) is 1. The van der Waals surface area contributed by atoms with Gasteiger partial charge >= 0.3 is 0 Å². The molecular weight excluding hydrogens is 254 g/mol. The van der Waals surface area contributed by atoms with Crippen molar-refractivity contribution < 1.29 is 4.74 Å². The van der Waals surface area contributed by atoms with E-state index < -0.39 is 0 Å². The summed E-state index contributed by atoms with van der Waals surface area (Å²) in [4.78, 5) is 1.28. The van der Waals surface area contributed by atoms with Crippen molar-refractivity contribution in [1.82, 2.24) is 5.32 Å². The van der Waals surface area contributed by atoms with Gasteiger partial charge in [0.25, 0.3) is 0 Å². The molecule has 1 aliphatic rings. The fourth-order valence-electron chi connectivity index (χ4n) is 1.97. The summed E-state index contributed by atoms with van der Waals surface area (Å²) in [5.41, 5.74) is 2.47. The van der Waals surface area contributed by atoms with Crippen LogP contribution in [0, 0.1) is 0 Å². The minimum Gasteiger partial charge on any atom is -0.491 e. The maximum absolute atomic E-state index is 5.85. The van der Waals surface area contributed by atoms with Gasteiger partial charge in [0.2, 0.25) is 0 Å². The van der Waals surface area contributed by atoms with Gasteiger partial charge in [0.15, 0.2) is 0 Å². The topological polar surface area (TPSA) is 21.3 Å². The van der Waals surface area contributed by atoms with Crippen LogP contribution in [0.4, 0.5) is 0 Å². The van der Waals surface area contributed by atoms with E-state index in [-0.39, 0.29) is 12.4 Å². The first kappa shape index (κ1) is 12.4. The first-order valence-electron chi connectivity index (χ1n) is 5.44. The molecule has 2 nitrogen and oxygen atoms in total. The van der Waals surface area contributed by atoms with Gasteiger partial charge in [0, 0.05) is 29.1 Å². The molecule has 90 valence electrons. The van der Waals surface area contributed by atoms with Crippen molar-refractivity contribution in [2.24, 2.45) is 0 Å². The lowest BCUT2D eigenvalue weighted by molar-refractivity contribution is 0.327. The zero-order valence-corrected chi connectivity index (χ0v) is 10.9. The van der Waals surface area contributed by atoms with Crippen molar-refractivity contribution in [3.63, 3.8) is 0 Å². The highest BCUT2D eigenvalue weighted by atomic mass is 35.5. The number of fused-ring (bicyclic) bond motifs is 1. The average Bonchev–Trinajstić information content (AvgIpc) is 2.73. The van der Waals surface area contributed by atoms with E-state index in [4.69, 9.17) is 4.74 Å². The Kier molecular flexibility index (Phi) is 4.05. The van der Waals surface area contributed by atoms with Gasteiger partial charge < -0.3 is 10.1 Å². The zero-order chi connectivity index (χ0) is 10.8. The molecule has 0 radical (unpaired) electrons. The smallest absolute Gasteiger partial charge is 0.132 e. The van der Waals surface area contributed by atoms with E-state index in [9.17, 15) is 0 Å². The van der Waals surface area contributed by atoms with E-state index >= 15 is 0 Å². The minimum absolute atomic E-state index is 0. The van der Waals surface area contributed by atoms with Crippen LogP contribution in [-0.2, 0) is 6.54 Å². The maximum atomic E-state index is 5.85. The summed E-state index contributed by atoms with van der Waals surface area (Å²) in [6.45, 7) is 2.56. The molecule has 0 amide bonds. The fraction of sp³-hybridized carbons (Fsp3) is 0.231. The second-order valence-corrected chi connectivity index (χ2v) is 4.74. The number of para-hydroxylation sites is 1. The number of hydrogen-bond donors (Lipinski definition) is 1. The summed E-state index contributed by atoms with van der Waals surface area (Å²) >= 11 is 1.76. The predicted molar refractivity (Wildman–Crippen MR) is 74.2 cm³/mol. The van der Waals surface area contributed by atoms with Gasteiger partial charge in [0.05, 0.1) is 0 Å². The van der Waals surface area contributed by atoms with E-state index in [0.717, 1.165) is 25.4 Å². The Labute approximate surface area is 111 Å². The summed E-state index contributed by atoms with van der Waals surface area (Å²) in [5, 5.41) is 5.46. The minimum atomic E-state index is 0. The van der Waals surface area contributed by atoms with E-state index in [2.05, 4.69) is 41.0 Å². The molecule has 2 aromatic rings. The number of hydrogen-bond acceptors (Lipinski definition) is 3. The molecule has 1 N–H and O–H groups in total. The lowest BCUT2D eigenvalue weighted by Crippen LogP contribution is -2.16. The Morgan fingerprint density at radius 3 is 2.94 bits per heavy atom. The Hall–Kier alpha value is -1.03. The van der Waals surface area contributed by atoms with Crippen molar-refractivity contribution in [3.05, 3.63) is 41.3 Å². The van der Waals surface area contributed by atoms with Crippen LogP contribution in [0.25, 0.3) is 10.4 Å². The van der Waals surface area contributed by atoms with Crippen LogP contribution in [0.5, 0.6) is 5.75 Å². The molecule has 0 fully saturated rings. The standard InChI is InChI=1S/C13H13NOS.ClH/c1-3-10-9-14-6-7-15-13(10)11(4-1)12-5-2-8-16-12;/h1-5,8,14H,6-7,9H2;1H. The van der Waals surface area contributed by atoms with Crippen LogP contribution in [0.2, 0.25) is 0 Å². The molecule has 4 heteroatoms. The van der Waals surface area contributed by atoms with Crippen LogP contribution in [0.15, 0.2) is 35.7 Å². The highest BCUT2D eigenvalue weighted by Crippen LogP contribution is 2.36. The van der Waals surface area contributed by atoms with Gasteiger partial charge in [-0.2, -0.15) is 0 Å². The van der Waals surface area contributed by atoms with Gasteiger partial charge in [-0.3, -0.25) is 0 Å². The molecule has 0 bridgehead atoms. The highest BCUT2D eigenvalue weighted by molar-refractivity contribution is 7.13. The van der Waals surface area contributed by atoms with Crippen LogP contribution < -0.4 is 10.1 Å². The summed E-state index contributed by atoms with van der Waals surface area (Å²) in [6, 6.07) is 10.6. The number of rotatable bonds is 1. The third-order valence-corrected chi connectivity index (χ3v) is 3.63. The number of thiophene rings is 1. The zero-order valence-electron chi connectivity index (χ0n) is 9.31. The van der Waals surface area contributed by atoms with Crippen molar-refractivity contribution in [2.45, 2.75) is 6.54 Å². The molecule has 3 rings (SSSR count). The first-order chi connectivity index (χ1) is 7.95. The van der Waals surface area contributed by atoms with Crippen LogP contribution in [0.3, 0.4) is 0 Å². The molecule has 17 heavy (non-hydrogen) atoms. The van der Waals surface area contributed by atoms with Gasteiger partial charge in [-0.05, 0) is 17.5 Å². The maximum Gasteiger partial charge on any atom is 0.132 e. The quantitative estimate of drug-likeness (QED) is 0.856. The van der Waals surface area contributed by atoms with Crippen molar-refractivity contribution in [2.75, 3.05) is 13.2 Å². The molecule has 1 aromatic carbocycles. The Morgan fingerprint density at radius 2 is 2.12 bits per heavy atom. The van der Waals surface area contributed by atoms with Crippen molar-refractivity contribution in [3.8, 4) is 16.2 Å². The van der Waals surface area contributed by atoms with Crippen molar-refractivity contribution >= 4 is 23.7 Å². The molecule has 1 aromatic heterocycles. The molecule has 2 heterocycles. The molecule has 0 saturated heterocycles. The van der Waals surface area contributed by atoms with Gasteiger partial charge in [-0.15, -0.1) is 23.7 Å². The SMILES string of the molecule is Cl.c1csc(-c2cccc3c2OCCNC3)c1. The predicted octanol–water partition coefficient (Wildman–Crippen LogP) is 3.32. The van der Waals surface area contributed by atoms with E-state index in [1.54, 1.807) is 11.3 Å². The summed E-state index contributed by atoms with van der Waals surface area (Å²) < 4.78 is 5.85. The van der Waals surface area contributed by atoms with Gasteiger partial charge in [0.1, 0.15) is 12.4 Å². The molecule has 0 spiro atoms. The molecule has 0 unspecified atom stereocenters. The molecule has 0 saturated carbocycles. The van der Waals surface area contributed by atoms with E-state index in [1.165, 1.54) is 16.0 Å².